The van der Waals surface area contributed by atoms with Gasteiger partial charge in [-0.3, -0.25) is 4.74 Å². The van der Waals surface area contributed by atoms with Crippen LogP contribution in [0, 0.1) is 0 Å². The van der Waals surface area contributed by atoms with E-state index in [-0.39, 0.29) is 16.9 Å². The monoisotopic (exact) mass is 288 g/mol. The number of nitrogens with two attached hydrogens (primary N) is 1. The molecule has 4 nitrogen and oxygen atoms in total. The molecule has 20 heavy (non-hydrogen) atoms. The highest BCUT2D eigenvalue weighted by Gasteiger charge is 2.68. The molecular formula is C13H15F3N2O2. The summed E-state index contributed by atoms with van der Waals surface area (Å²) in [5.41, 5.74) is 6.81. The van der Waals surface area contributed by atoms with Gasteiger partial charge in [0.05, 0.1) is 11.8 Å². The third kappa shape index (κ3) is 1.79. The second-order valence-corrected chi connectivity index (χ2v) is 6.64. The minimum absolute atomic E-state index is 0.00489. The predicted molar refractivity (Wildman–Crippen MR) is 61.9 cm³/mol. The quantitative estimate of drug-likeness (QED) is 0.928. The summed E-state index contributed by atoms with van der Waals surface area (Å²) < 4.78 is 45.5. The first-order valence-electron chi connectivity index (χ1n) is 6.78. The molecule has 4 fully saturated rings. The molecule has 0 saturated heterocycles. The Kier molecular flexibility index (Phi) is 2.26. The van der Waals surface area contributed by atoms with Crippen molar-refractivity contribution >= 4 is 0 Å². The molecule has 1 aromatic heterocycles. The molecule has 2 N–H and O–H groups in total. The number of halogens is 3. The highest BCUT2D eigenvalue weighted by molar-refractivity contribution is 5.37. The molecule has 7 heteroatoms. The van der Waals surface area contributed by atoms with E-state index in [4.69, 9.17) is 10.3 Å². The van der Waals surface area contributed by atoms with Gasteiger partial charge in [0.25, 0.3) is 0 Å². The Morgan fingerprint density at radius 2 is 1.95 bits per heavy atom. The van der Waals surface area contributed by atoms with Crippen LogP contribution in [0.1, 0.15) is 49.5 Å². The standard InChI is InChI=1S/C13H15F3N2O2/c14-13(15,16)19-8-1-7(2-8)9-3-10(20-18-9)11-4-12(17,5-11)6-11/h3,7-8H,1-2,4-6,17H2/t7-,8-,11?,12?. The lowest BCUT2D eigenvalue weighted by Gasteiger charge is -2.67. The zero-order valence-electron chi connectivity index (χ0n) is 10.7. The second kappa shape index (κ2) is 3.57. The van der Waals surface area contributed by atoms with Crippen LogP contribution in [0.15, 0.2) is 10.6 Å². The highest BCUT2D eigenvalue weighted by atomic mass is 19.4. The molecule has 0 atom stereocenters. The van der Waals surface area contributed by atoms with E-state index in [1.807, 2.05) is 6.07 Å². The number of hydrogen-bond acceptors (Lipinski definition) is 4. The molecule has 1 heterocycles. The fraction of sp³-hybridized carbons (Fsp3) is 0.769. The van der Waals surface area contributed by atoms with Gasteiger partial charge in [-0.15, -0.1) is 13.2 Å². The van der Waals surface area contributed by atoms with Crippen LogP contribution in [0.25, 0.3) is 0 Å². The Balaban J connectivity index is 1.37. The summed E-state index contributed by atoms with van der Waals surface area (Å²) in [6.07, 6.45) is -1.82. The van der Waals surface area contributed by atoms with Crippen LogP contribution in [0.3, 0.4) is 0 Å². The van der Waals surface area contributed by atoms with Crippen molar-refractivity contribution in [2.45, 2.75) is 61.4 Å². The summed E-state index contributed by atoms with van der Waals surface area (Å²) in [5, 5.41) is 4.01. The Morgan fingerprint density at radius 1 is 1.30 bits per heavy atom. The average molecular weight is 288 g/mol. The number of hydrogen-bond donors (Lipinski definition) is 1. The largest absolute Gasteiger partial charge is 0.522 e. The van der Waals surface area contributed by atoms with Gasteiger partial charge >= 0.3 is 6.36 Å². The minimum Gasteiger partial charge on any atom is -0.361 e. The maximum atomic E-state index is 12.0. The van der Waals surface area contributed by atoms with Crippen molar-refractivity contribution in [2.75, 3.05) is 0 Å². The lowest BCUT2D eigenvalue weighted by Crippen LogP contribution is -2.74. The normalized spacial score (nSPS) is 42.6. The van der Waals surface area contributed by atoms with Crippen molar-refractivity contribution in [3.05, 3.63) is 17.5 Å². The first kappa shape index (κ1) is 12.6. The molecule has 0 spiro atoms. The average Bonchev–Trinajstić information content (AvgIpc) is 2.64. The molecule has 110 valence electrons. The third-order valence-corrected chi connectivity index (χ3v) is 4.94. The summed E-state index contributed by atoms with van der Waals surface area (Å²) in [4.78, 5) is 0. The van der Waals surface area contributed by atoms with E-state index in [1.165, 1.54) is 0 Å². The number of alkyl halides is 3. The van der Waals surface area contributed by atoms with Gasteiger partial charge in [-0.1, -0.05) is 5.16 Å². The summed E-state index contributed by atoms with van der Waals surface area (Å²) in [7, 11) is 0. The SMILES string of the molecule is NC12CC(c3cc([C@H]4C[C@H](OC(F)(F)F)C4)no3)(C1)C2. The molecule has 2 bridgehead atoms. The van der Waals surface area contributed by atoms with Gasteiger partial charge in [-0.2, -0.15) is 0 Å². The van der Waals surface area contributed by atoms with E-state index < -0.39 is 12.5 Å². The van der Waals surface area contributed by atoms with Crippen LogP contribution in [-0.2, 0) is 10.2 Å². The smallest absolute Gasteiger partial charge is 0.361 e. The van der Waals surface area contributed by atoms with Gasteiger partial charge in [0, 0.05) is 22.9 Å². The Hall–Kier alpha value is -1.08. The second-order valence-electron chi connectivity index (χ2n) is 6.64. The first-order valence-corrected chi connectivity index (χ1v) is 6.78. The summed E-state index contributed by atoms with van der Waals surface area (Å²) >= 11 is 0. The van der Waals surface area contributed by atoms with Crippen LogP contribution in [0.5, 0.6) is 0 Å². The molecule has 5 rings (SSSR count). The maximum absolute atomic E-state index is 12.0. The summed E-state index contributed by atoms with van der Waals surface area (Å²) in [6.45, 7) is 0. The molecule has 4 aliphatic carbocycles. The summed E-state index contributed by atoms with van der Waals surface area (Å²) in [6, 6.07) is 1.90. The van der Waals surface area contributed by atoms with Crippen molar-refractivity contribution in [3.63, 3.8) is 0 Å². The van der Waals surface area contributed by atoms with Crippen molar-refractivity contribution in [2.24, 2.45) is 5.73 Å². The number of nitrogens with zero attached hydrogens (tertiary/aromatic N) is 1. The van der Waals surface area contributed by atoms with Crippen LogP contribution in [0.4, 0.5) is 13.2 Å². The molecule has 0 radical (unpaired) electrons. The van der Waals surface area contributed by atoms with Gasteiger partial charge in [0.1, 0.15) is 5.76 Å². The van der Waals surface area contributed by atoms with E-state index in [2.05, 4.69) is 9.89 Å². The number of rotatable bonds is 3. The molecule has 0 aromatic carbocycles. The fourth-order valence-electron chi connectivity index (χ4n) is 3.95. The van der Waals surface area contributed by atoms with Crippen molar-refractivity contribution in [1.29, 1.82) is 0 Å². The molecule has 0 unspecified atom stereocenters. The molecule has 1 aromatic rings. The van der Waals surface area contributed by atoms with E-state index in [0.29, 0.717) is 12.8 Å². The van der Waals surface area contributed by atoms with Crippen molar-refractivity contribution < 1.29 is 22.4 Å². The van der Waals surface area contributed by atoms with Gasteiger partial charge in [-0.05, 0) is 32.1 Å². The maximum Gasteiger partial charge on any atom is 0.522 e. The van der Waals surface area contributed by atoms with Crippen molar-refractivity contribution in [3.8, 4) is 0 Å². The number of ether oxygens (including phenoxy) is 1. The molecule has 0 amide bonds. The Morgan fingerprint density at radius 3 is 2.50 bits per heavy atom. The van der Waals surface area contributed by atoms with Gasteiger partial charge < -0.3 is 10.3 Å². The van der Waals surface area contributed by atoms with Gasteiger partial charge in [0.2, 0.25) is 0 Å². The van der Waals surface area contributed by atoms with E-state index >= 15 is 0 Å². The lowest BCUT2D eigenvalue weighted by molar-refractivity contribution is -0.351. The van der Waals surface area contributed by atoms with Crippen LogP contribution in [-0.4, -0.2) is 23.2 Å². The number of aromatic nitrogens is 1. The fourth-order valence-corrected chi connectivity index (χ4v) is 3.95. The van der Waals surface area contributed by atoms with Crippen LogP contribution >= 0.6 is 0 Å². The van der Waals surface area contributed by atoms with E-state index in [1.54, 1.807) is 0 Å². The minimum atomic E-state index is -4.55. The summed E-state index contributed by atoms with van der Waals surface area (Å²) in [5.74, 6) is 0.860. The van der Waals surface area contributed by atoms with Crippen LogP contribution in [0.2, 0.25) is 0 Å². The molecule has 0 aliphatic heterocycles. The Bertz CT molecular complexity index is 528. The predicted octanol–water partition coefficient (Wildman–Crippen LogP) is 2.59. The molecular weight excluding hydrogens is 273 g/mol. The van der Waals surface area contributed by atoms with E-state index in [9.17, 15) is 13.2 Å². The topological polar surface area (TPSA) is 61.3 Å². The van der Waals surface area contributed by atoms with E-state index in [0.717, 1.165) is 30.7 Å². The Labute approximate surface area is 113 Å². The van der Waals surface area contributed by atoms with Gasteiger partial charge in [-0.25, -0.2) is 0 Å². The highest BCUT2D eigenvalue weighted by Crippen LogP contribution is 2.66. The van der Waals surface area contributed by atoms with Crippen molar-refractivity contribution in [1.82, 2.24) is 5.16 Å². The third-order valence-electron chi connectivity index (χ3n) is 4.94. The van der Waals surface area contributed by atoms with Gasteiger partial charge in [0.15, 0.2) is 0 Å². The zero-order chi connectivity index (χ0) is 14.2. The zero-order valence-corrected chi connectivity index (χ0v) is 10.7. The molecule has 4 saturated carbocycles. The molecule has 4 aliphatic rings. The first-order chi connectivity index (χ1) is 9.27. The lowest BCUT2D eigenvalue weighted by atomic mass is 9.39. The van der Waals surface area contributed by atoms with Crippen LogP contribution < -0.4 is 5.73 Å².